The lowest BCUT2D eigenvalue weighted by Gasteiger charge is -2.20. The van der Waals surface area contributed by atoms with Gasteiger partial charge in [0.15, 0.2) is 0 Å². The van der Waals surface area contributed by atoms with Gasteiger partial charge in [-0.05, 0) is 38.3 Å². The molecule has 0 bridgehead atoms. The van der Waals surface area contributed by atoms with Crippen molar-refractivity contribution in [1.82, 2.24) is 0 Å². The number of aliphatic hydroxyl groups is 1. The minimum absolute atomic E-state index is 0.235. The van der Waals surface area contributed by atoms with Crippen LogP contribution in [0.25, 0.3) is 0 Å². The molecule has 0 saturated heterocycles. The summed E-state index contributed by atoms with van der Waals surface area (Å²) >= 11 is 0. The second kappa shape index (κ2) is 5.90. The van der Waals surface area contributed by atoms with Crippen LogP contribution in [-0.4, -0.2) is 11.2 Å². The summed E-state index contributed by atoms with van der Waals surface area (Å²) in [6, 6.07) is 5.94. The van der Waals surface area contributed by atoms with Gasteiger partial charge in [-0.3, -0.25) is 0 Å². The first-order chi connectivity index (χ1) is 7.58. The predicted molar refractivity (Wildman–Crippen MR) is 66.8 cm³/mol. The summed E-state index contributed by atoms with van der Waals surface area (Å²) in [6.45, 7) is 8.04. The van der Waals surface area contributed by atoms with Crippen molar-refractivity contribution in [3.63, 3.8) is 0 Å². The van der Waals surface area contributed by atoms with Gasteiger partial charge in [0.2, 0.25) is 0 Å². The lowest BCUT2D eigenvalue weighted by molar-refractivity contribution is 0.166. The number of rotatable bonds is 5. The summed E-state index contributed by atoms with van der Waals surface area (Å²) in [7, 11) is 0. The Bertz CT molecular complexity index is 328. The summed E-state index contributed by atoms with van der Waals surface area (Å²) in [6.07, 6.45) is 1.73. The average Bonchev–Trinajstić information content (AvgIpc) is 2.25. The molecule has 0 amide bonds. The molecule has 1 unspecified atom stereocenters. The second-order valence-electron chi connectivity index (χ2n) is 4.27. The molecule has 0 aliphatic carbocycles. The van der Waals surface area contributed by atoms with Gasteiger partial charge in [-0.25, -0.2) is 0 Å². The maximum absolute atomic E-state index is 9.67. The van der Waals surface area contributed by atoms with Crippen LogP contribution in [0.4, 0.5) is 0 Å². The van der Waals surface area contributed by atoms with E-state index in [0.717, 1.165) is 29.7 Å². The fourth-order valence-electron chi connectivity index (χ4n) is 1.72. The predicted octanol–water partition coefficient (Wildman–Crippen LogP) is 3.62. The third kappa shape index (κ3) is 3.24. The Hall–Kier alpha value is -1.02. The lowest BCUT2D eigenvalue weighted by Crippen LogP contribution is -2.15. The van der Waals surface area contributed by atoms with Crippen LogP contribution in [0.15, 0.2) is 18.2 Å². The monoisotopic (exact) mass is 222 g/mol. The lowest BCUT2D eigenvalue weighted by atomic mass is 10.1. The highest BCUT2D eigenvalue weighted by atomic mass is 16.5. The van der Waals surface area contributed by atoms with Gasteiger partial charge in [0.05, 0.1) is 12.2 Å². The molecule has 0 radical (unpaired) electrons. The normalized spacial score (nSPS) is 12.9. The number of ether oxygens (including phenoxy) is 1. The van der Waals surface area contributed by atoms with E-state index in [-0.39, 0.29) is 6.10 Å². The van der Waals surface area contributed by atoms with Crippen LogP contribution in [0, 0.1) is 6.92 Å². The number of aliphatic hydroxyl groups excluding tert-OH is 1. The quantitative estimate of drug-likeness (QED) is 0.824. The molecule has 0 spiro atoms. The maximum atomic E-state index is 9.67. The van der Waals surface area contributed by atoms with Crippen LogP contribution in [0.5, 0.6) is 5.75 Å². The fraction of sp³-hybridized carbons (Fsp3) is 0.571. The zero-order valence-electron chi connectivity index (χ0n) is 10.7. The summed E-state index contributed by atoms with van der Waals surface area (Å²) < 4.78 is 5.93. The SMILES string of the molecule is CCC(CC)Oc1cc(C)ccc1C(C)O. The van der Waals surface area contributed by atoms with Gasteiger partial charge >= 0.3 is 0 Å². The largest absolute Gasteiger partial charge is 0.490 e. The van der Waals surface area contributed by atoms with E-state index in [1.165, 1.54) is 0 Å². The van der Waals surface area contributed by atoms with Gasteiger partial charge in [-0.15, -0.1) is 0 Å². The fourth-order valence-corrected chi connectivity index (χ4v) is 1.72. The molecule has 1 aromatic rings. The Labute approximate surface area is 98.3 Å². The molecular weight excluding hydrogens is 200 g/mol. The van der Waals surface area contributed by atoms with Crippen molar-refractivity contribution in [2.24, 2.45) is 0 Å². The molecule has 0 fully saturated rings. The van der Waals surface area contributed by atoms with Crippen molar-refractivity contribution >= 4 is 0 Å². The molecule has 2 heteroatoms. The third-order valence-corrected chi connectivity index (χ3v) is 2.82. The molecule has 1 aromatic carbocycles. The van der Waals surface area contributed by atoms with E-state index in [1.807, 2.05) is 25.1 Å². The van der Waals surface area contributed by atoms with Crippen molar-refractivity contribution < 1.29 is 9.84 Å². The zero-order chi connectivity index (χ0) is 12.1. The van der Waals surface area contributed by atoms with Crippen molar-refractivity contribution in [2.45, 2.75) is 52.7 Å². The van der Waals surface area contributed by atoms with Crippen molar-refractivity contribution in [1.29, 1.82) is 0 Å². The zero-order valence-corrected chi connectivity index (χ0v) is 10.7. The molecule has 0 aromatic heterocycles. The van der Waals surface area contributed by atoms with Gasteiger partial charge in [-0.1, -0.05) is 26.0 Å². The standard InChI is InChI=1S/C14H22O2/c1-5-12(6-2)16-14-9-10(3)7-8-13(14)11(4)15/h7-9,11-12,15H,5-6H2,1-4H3. The highest BCUT2D eigenvalue weighted by Gasteiger charge is 2.12. The second-order valence-corrected chi connectivity index (χ2v) is 4.27. The summed E-state index contributed by atoms with van der Waals surface area (Å²) in [5.41, 5.74) is 2.03. The van der Waals surface area contributed by atoms with Crippen LogP contribution in [-0.2, 0) is 0 Å². The highest BCUT2D eigenvalue weighted by Crippen LogP contribution is 2.28. The first kappa shape index (κ1) is 13.0. The Morgan fingerprint density at radius 1 is 1.25 bits per heavy atom. The minimum Gasteiger partial charge on any atom is -0.490 e. The van der Waals surface area contributed by atoms with Gasteiger partial charge in [-0.2, -0.15) is 0 Å². The van der Waals surface area contributed by atoms with Gasteiger partial charge in [0.1, 0.15) is 5.75 Å². The maximum Gasteiger partial charge on any atom is 0.125 e. The van der Waals surface area contributed by atoms with Gasteiger partial charge < -0.3 is 9.84 Å². The van der Waals surface area contributed by atoms with E-state index in [1.54, 1.807) is 6.92 Å². The molecule has 0 heterocycles. The third-order valence-electron chi connectivity index (χ3n) is 2.82. The highest BCUT2D eigenvalue weighted by molar-refractivity contribution is 5.38. The summed E-state index contributed by atoms with van der Waals surface area (Å²) in [4.78, 5) is 0. The smallest absolute Gasteiger partial charge is 0.125 e. The van der Waals surface area contributed by atoms with Crippen LogP contribution in [0.1, 0.15) is 50.8 Å². The Morgan fingerprint density at radius 3 is 2.38 bits per heavy atom. The summed E-state index contributed by atoms with van der Waals surface area (Å²) in [5.74, 6) is 0.823. The number of hydrogen-bond donors (Lipinski definition) is 1. The average molecular weight is 222 g/mol. The van der Waals surface area contributed by atoms with Crippen LogP contribution in [0.2, 0.25) is 0 Å². The topological polar surface area (TPSA) is 29.5 Å². The Kier molecular flexibility index (Phi) is 4.81. The van der Waals surface area contributed by atoms with E-state index in [9.17, 15) is 5.11 Å². The number of hydrogen-bond acceptors (Lipinski definition) is 2. The first-order valence-electron chi connectivity index (χ1n) is 6.03. The molecular formula is C14H22O2. The van der Waals surface area contributed by atoms with Crippen LogP contribution < -0.4 is 4.74 Å². The van der Waals surface area contributed by atoms with Crippen LogP contribution in [0.3, 0.4) is 0 Å². The summed E-state index contributed by atoms with van der Waals surface area (Å²) in [5, 5.41) is 9.67. The van der Waals surface area contributed by atoms with Crippen molar-refractivity contribution in [2.75, 3.05) is 0 Å². The Morgan fingerprint density at radius 2 is 1.88 bits per heavy atom. The van der Waals surface area contributed by atoms with Crippen LogP contribution >= 0.6 is 0 Å². The molecule has 0 saturated carbocycles. The molecule has 1 atom stereocenters. The molecule has 0 aliphatic heterocycles. The van der Waals surface area contributed by atoms with E-state index < -0.39 is 6.10 Å². The van der Waals surface area contributed by atoms with Crippen molar-refractivity contribution in [3.05, 3.63) is 29.3 Å². The first-order valence-corrected chi connectivity index (χ1v) is 6.03. The van der Waals surface area contributed by atoms with E-state index in [2.05, 4.69) is 13.8 Å². The van der Waals surface area contributed by atoms with E-state index in [4.69, 9.17) is 4.74 Å². The molecule has 1 rings (SSSR count). The van der Waals surface area contributed by atoms with Crippen molar-refractivity contribution in [3.8, 4) is 5.75 Å². The van der Waals surface area contributed by atoms with Gasteiger partial charge in [0, 0.05) is 5.56 Å². The molecule has 0 aliphatic rings. The van der Waals surface area contributed by atoms with E-state index in [0.29, 0.717) is 0 Å². The molecule has 16 heavy (non-hydrogen) atoms. The molecule has 2 nitrogen and oxygen atoms in total. The molecule has 1 N–H and O–H groups in total. The Balaban J connectivity index is 2.95. The number of benzene rings is 1. The molecule has 90 valence electrons. The minimum atomic E-state index is -0.482. The van der Waals surface area contributed by atoms with Gasteiger partial charge in [0.25, 0.3) is 0 Å². The van der Waals surface area contributed by atoms with E-state index >= 15 is 0 Å². The number of aryl methyl sites for hydroxylation is 1.